The van der Waals surface area contributed by atoms with Crippen LogP contribution in [0.15, 0.2) is 22.7 Å². The predicted octanol–water partition coefficient (Wildman–Crippen LogP) is 4.52. The van der Waals surface area contributed by atoms with Gasteiger partial charge in [0.2, 0.25) is 0 Å². The summed E-state index contributed by atoms with van der Waals surface area (Å²) in [7, 11) is 0. The highest BCUT2D eigenvalue weighted by Crippen LogP contribution is 2.35. The van der Waals surface area contributed by atoms with Gasteiger partial charge in [0.05, 0.1) is 11.8 Å². The smallest absolute Gasteiger partial charge is 0.0762 e. The Kier molecular flexibility index (Phi) is 4.57. The maximum atomic E-state index is 9.63. The second-order valence-electron chi connectivity index (χ2n) is 6.39. The van der Waals surface area contributed by atoms with Crippen LogP contribution in [0.5, 0.6) is 0 Å². The molecule has 2 nitrogen and oxygen atoms in total. The highest BCUT2D eigenvalue weighted by molar-refractivity contribution is 9.10. The zero-order chi connectivity index (χ0) is 14.0. The summed E-state index contributed by atoms with van der Waals surface area (Å²) in [4.78, 5) is 2.46. The fourth-order valence-electron chi connectivity index (χ4n) is 2.70. The van der Waals surface area contributed by atoms with Crippen LogP contribution in [0.3, 0.4) is 0 Å². The quantitative estimate of drug-likeness (QED) is 0.864. The molecule has 1 fully saturated rings. The van der Waals surface area contributed by atoms with Crippen LogP contribution in [0.1, 0.15) is 51.7 Å². The maximum Gasteiger partial charge on any atom is 0.0762 e. The topological polar surface area (TPSA) is 23.5 Å². The second-order valence-corrected chi connectivity index (χ2v) is 7.25. The largest absolute Gasteiger partial charge is 0.389 e. The molecule has 0 aliphatic carbocycles. The summed E-state index contributed by atoms with van der Waals surface area (Å²) in [5.74, 6) is 0. The van der Waals surface area contributed by atoms with Crippen molar-refractivity contribution >= 4 is 21.6 Å². The van der Waals surface area contributed by atoms with Crippen LogP contribution in [0.4, 0.5) is 5.69 Å². The van der Waals surface area contributed by atoms with Crippen molar-refractivity contribution in [3.8, 4) is 0 Å². The standard InChI is InChI=1S/C16H24BrNO/c1-12(19)13-5-6-15(14(17)11-13)18-9-4-7-16(2,3)8-10-18/h5-6,11-12,19H,4,7-10H2,1-3H3. The van der Waals surface area contributed by atoms with Crippen LogP contribution in [0.25, 0.3) is 0 Å². The molecular formula is C16H24BrNO. The van der Waals surface area contributed by atoms with Crippen LogP contribution in [0, 0.1) is 5.41 Å². The number of hydrogen-bond donors (Lipinski definition) is 1. The van der Waals surface area contributed by atoms with Crippen LogP contribution < -0.4 is 4.90 Å². The lowest BCUT2D eigenvalue weighted by molar-refractivity contribution is 0.199. The molecule has 1 aliphatic rings. The Labute approximate surface area is 124 Å². The van der Waals surface area contributed by atoms with E-state index in [0.29, 0.717) is 5.41 Å². The number of hydrogen-bond acceptors (Lipinski definition) is 2. The molecule has 1 N–H and O–H groups in total. The van der Waals surface area contributed by atoms with Crippen molar-refractivity contribution in [2.24, 2.45) is 5.41 Å². The minimum atomic E-state index is -0.409. The van der Waals surface area contributed by atoms with Gasteiger partial charge < -0.3 is 10.0 Å². The highest BCUT2D eigenvalue weighted by atomic mass is 79.9. The minimum Gasteiger partial charge on any atom is -0.389 e. The molecule has 1 aromatic rings. The first-order chi connectivity index (χ1) is 8.89. The molecule has 0 spiro atoms. The normalized spacial score (nSPS) is 21.0. The second kappa shape index (κ2) is 5.84. The Morgan fingerprint density at radius 3 is 2.63 bits per heavy atom. The Morgan fingerprint density at radius 2 is 2.00 bits per heavy atom. The van der Waals surface area contributed by atoms with E-state index in [1.54, 1.807) is 6.92 Å². The molecule has 1 atom stereocenters. The van der Waals surface area contributed by atoms with Crippen molar-refractivity contribution < 1.29 is 5.11 Å². The maximum absolute atomic E-state index is 9.63. The number of anilines is 1. The average Bonchev–Trinajstić information content (AvgIpc) is 2.50. The van der Waals surface area contributed by atoms with Crippen molar-refractivity contribution in [3.63, 3.8) is 0 Å². The van der Waals surface area contributed by atoms with Crippen LogP contribution in [-0.2, 0) is 0 Å². The van der Waals surface area contributed by atoms with Gasteiger partial charge in [-0.3, -0.25) is 0 Å². The van der Waals surface area contributed by atoms with E-state index >= 15 is 0 Å². The van der Waals surface area contributed by atoms with E-state index in [-0.39, 0.29) is 0 Å². The summed E-state index contributed by atoms with van der Waals surface area (Å²) in [6.07, 6.45) is 3.37. The molecular weight excluding hydrogens is 302 g/mol. The molecule has 106 valence electrons. The summed E-state index contributed by atoms with van der Waals surface area (Å²) in [5, 5.41) is 9.63. The average molecular weight is 326 g/mol. The molecule has 2 rings (SSSR count). The Bertz CT molecular complexity index is 442. The zero-order valence-corrected chi connectivity index (χ0v) is 13.7. The number of aliphatic hydroxyl groups is 1. The monoisotopic (exact) mass is 325 g/mol. The molecule has 0 radical (unpaired) electrons. The lowest BCUT2D eigenvalue weighted by atomic mass is 9.85. The summed E-state index contributed by atoms with van der Waals surface area (Å²) in [5.41, 5.74) is 2.67. The molecule has 1 heterocycles. The third-order valence-electron chi connectivity index (χ3n) is 4.13. The first-order valence-corrected chi connectivity index (χ1v) is 7.91. The Hall–Kier alpha value is -0.540. The molecule has 1 aliphatic heterocycles. The van der Waals surface area contributed by atoms with Gasteiger partial charge in [0.1, 0.15) is 0 Å². The molecule has 0 aromatic heterocycles. The van der Waals surface area contributed by atoms with E-state index in [2.05, 4.69) is 40.7 Å². The molecule has 0 saturated carbocycles. The van der Waals surface area contributed by atoms with Crippen LogP contribution in [-0.4, -0.2) is 18.2 Å². The lowest BCUT2D eigenvalue weighted by Gasteiger charge is -2.26. The SMILES string of the molecule is CC(O)c1ccc(N2CCCC(C)(C)CC2)c(Br)c1. The Morgan fingerprint density at radius 1 is 1.26 bits per heavy atom. The van der Waals surface area contributed by atoms with Crippen molar-refractivity contribution in [1.29, 1.82) is 0 Å². The molecule has 0 amide bonds. The van der Waals surface area contributed by atoms with Gasteiger partial charge in [0.15, 0.2) is 0 Å². The fourth-order valence-corrected chi connectivity index (χ4v) is 3.35. The van der Waals surface area contributed by atoms with E-state index in [9.17, 15) is 5.11 Å². The van der Waals surface area contributed by atoms with Gasteiger partial charge in [0.25, 0.3) is 0 Å². The third kappa shape index (κ3) is 3.73. The first-order valence-electron chi connectivity index (χ1n) is 7.11. The number of aliphatic hydroxyl groups excluding tert-OH is 1. The fraction of sp³-hybridized carbons (Fsp3) is 0.625. The molecule has 1 aromatic carbocycles. The number of nitrogens with zero attached hydrogens (tertiary/aromatic N) is 1. The van der Waals surface area contributed by atoms with Gasteiger partial charge in [-0.05, 0) is 65.2 Å². The van der Waals surface area contributed by atoms with Gasteiger partial charge in [-0.25, -0.2) is 0 Å². The highest BCUT2D eigenvalue weighted by Gasteiger charge is 2.24. The molecule has 19 heavy (non-hydrogen) atoms. The van der Waals surface area contributed by atoms with Crippen LogP contribution in [0.2, 0.25) is 0 Å². The van der Waals surface area contributed by atoms with Gasteiger partial charge in [-0.2, -0.15) is 0 Å². The number of benzene rings is 1. The minimum absolute atomic E-state index is 0.409. The van der Waals surface area contributed by atoms with Gasteiger partial charge in [-0.15, -0.1) is 0 Å². The zero-order valence-electron chi connectivity index (χ0n) is 12.1. The predicted molar refractivity (Wildman–Crippen MR) is 84.6 cm³/mol. The van der Waals surface area contributed by atoms with Gasteiger partial charge >= 0.3 is 0 Å². The van der Waals surface area contributed by atoms with E-state index < -0.39 is 6.10 Å². The van der Waals surface area contributed by atoms with E-state index in [1.807, 2.05) is 12.1 Å². The van der Waals surface area contributed by atoms with Crippen LogP contribution >= 0.6 is 15.9 Å². The van der Waals surface area contributed by atoms with Crippen molar-refractivity contribution in [2.75, 3.05) is 18.0 Å². The van der Waals surface area contributed by atoms with Gasteiger partial charge in [-0.1, -0.05) is 19.9 Å². The van der Waals surface area contributed by atoms with Crippen molar-refractivity contribution in [3.05, 3.63) is 28.2 Å². The van der Waals surface area contributed by atoms with Gasteiger partial charge in [0, 0.05) is 17.6 Å². The lowest BCUT2D eigenvalue weighted by Crippen LogP contribution is -2.25. The van der Waals surface area contributed by atoms with Crippen molar-refractivity contribution in [1.82, 2.24) is 0 Å². The van der Waals surface area contributed by atoms with E-state index in [4.69, 9.17) is 0 Å². The summed E-state index contributed by atoms with van der Waals surface area (Å²) >= 11 is 3.65. The summed E-state index contributed by atoms with van der Waals surface area (Å²) in [6.45, 7) is 8.76. The van der Waals surface area contributed by atoms with E-state index in [1.165, 1.54) is 24.9 Å². The molecule has 1 saturated heterocycles. The molecule has 1 unspecified atom stereocenters. The number of rotatable bonds is 2. The molecule has 3 heteroatoms. The molecule has 0 bridgehead atoms. The van der Waals surface area contributed by atoms with Crippen molar-refractivity contribution in [2.45, 2.75) is 46.1 Å². The Balaban J connectivity index is 2.18. The summed E-state index contributed by atoms with van der Waals surface area (Å²) < 4.78 is 1.09. The number of halogens is 1. The first kappa shape index (κ1) is 14.9. The van der Waals surface area contributed by atoms with E-state index in [0.717, 1.165) is 23.1 Å². The summed E-state index contributed by atoms with van der Waals surface area (Å²) in [6, 6.07) is 6.20. The third-order valence-corrected chi connectivity index (χ3v) is 4.77.